The Hall–Kier alpha value is -1.20. The minimum atomic E-state index is -0.0775. The molecular formula is C14H18ClNO3S. The number of amides is 1. The first-order valence-electron chi connectivity index (χ1n) is 6.61. The number of thiophene rings is 1. The Morgan fingerprint density at radius 3 is 3.00 bits per heavy atom. The molecule has 0 aromatic carbocycles. The minimum Gasteiger partial charge on any atom is -0.485 e. The maximum atomic E-state index is 11.9. The fraction of sp³-hybridized carbons (Fsp3) is 0.500. The average molecular weight is 316 g/mol. The van der Waals surface area contributed by atoms with Crippen molar-refractivity contribution in [2.75, 3.05) is 25.6 Å². The smallest absolute Gasteiger partial charge is 0.238 e. The first-order chi connectivity index (χ1) is 9.76. The van der Waals surface area contributed by atoms with Crippen LogP contribution in [-0.4, -0.2) is 36.4 Å². The molecule has 0 radical (unpaired) electrons. The van der Waals surface area contributed by atoms with Gasteiger partial charge in [-0.1, -0.05) is 19.1 Å². The third-order valence-electron chi connectivity index (χ3n) is 2.90. The van der Waals surface area contributed by atoms with Crippen LogP contribution < -0.4 is 9.47 Å². The predicted molar refractivity (Wildman–Crippen MR) is 80.9 cm³/mol. The van der Waals surface area contributed by atoms with E-state index in [1.165, 1.54) is 0 Å². The summed E-state index contributed by atoms with van der Waals surface area (Å²) in [5.74, 6) is 1.46. The lowest BCUT2D eigenvalue weighted by Gasteiger charge is -2.21. The van der Waals surface area contributed by atoms with Crippen LogP contribution in [0.2, 0.25) is 0 Å². The molecule has 0 unspecified atom stereocenters. The monoisotopic (exact) mass is 315 g/mol. The summed E-state index contributed by atoms with van der Waals surface area (Å²) in [6, 6.07) is 0. The Bertz CT molecular complexity index is 487. The summed E-state index contributed by atoms with van der Waals surface area (Å²) < 4.78 is 11.1. The molecule has 1 aliphatic rings. The summed E-state index contributed by atoms with van der Waals surface area (Å²) in [7, 11) is 0. The third-order valence-corrected chi connectivity index (χ3v) is 4.06. The number of hydrogen-bond acceptors (Lipinski definition) is 4. The molecule has 2 rings (SSSR count). The molecule has 0 N–H and O–H groups in total. The zero-order valence-electron chi connectivity index (χ0n) is 11.4. The van der Waals surface area contributed by atoms with E-state index < -0.39 is 0 Å². The number of hydrogen-bond donors (Lipinski definition) is 0. The summed E-state index contributed by atoms with van der Waals surface area (Å²) in [6.45, 7) is 4.25. The zero-order valence-corrected chi connectivity index (χ0v) is 13.0. The normalized spacial score (nSPS) is 13.7. The van der Waals surface area contributed by atoms with Gasteiger partial charge >= 0.3 is 0 Å². The first kappa shape index (κ1) is 15.2. The number of halogens is 1. The molecule has 0 spiro atoms. The van der Waals surface area contributed by atoms with Gasteiger partial charge in [0.25, 0.3) is 0 Å². The number of rotatable bonds is 6. The van der Waals surface area contributed by atoms with Crippen LogP contribution in [0, 0.1) is 0 Å². The van der Waals surface area contributed by atoms with Crippen molar-refractivity contribution in [3.8, 4) is 11.5 Å². The van der Waals surface area contributed by atoms with E-state index >= 15 is 0 Å². The molecule has 2 heterocycles. The van der Waals surface area contributed by atoms with Crippen LogP contribution in [0.5, 0.6) is 11.5 Å². The van der Waals surface area contributed by atoms with Crippen LogP contribution in [-0.2, 0) is 11.3 Å². The van der Waals surface area contributed by atoms with Crippen molar-refractivity contribution < 1.29 is 14.3 Å². The Balaban J connectivity index is 2.08. The quantitative estimate of drug-likeness (QED) is 0.598. The van der Waals surface area contributed by atoms with Gasteiger partial charge in [0, 0.05) is 11.9 Å². The van der Waals surface area contributed by atoms with Crippen molar-refractivity contribution in [1.29, 1.82) is 0 Å². The Kier molecular flexibility index (Phi) is 5.73. The van der Waals surface area contributed by atoms with Crippen molar-refractivity contribution in [3.05, 3.63) is 22.4 Å². The van der Waals surface area contributed by atoms with Gasteiger partial charge in [0.05, 0.1) is 11.4 Å². The maximum Gasteiger partial charge on any atom is 0.238 e. The van der Waals surface area contributed by atoms with E-state index in [2.05, 4.69) is 6.92 Å². The number of allylic oxidation sites excluding steroid dienone is 1. The summed E-state index contributed by atoms with van der Waals surface area (Å²) in [5.41, 5.74) is 0. The van der Waals surface area contributed by atoms with Crippen LogP contribution in [0.1, 0.15) is 18.2 Å². The highest BCUT2D eigenvalue weighted by Crippen LogP contribution is 2.39. The van der Waals surface area contributed by atoms with Crippen molar-refractivity contribution in [1.82, 2.24) is 4.90 Å². The number of alkyl halides is 1. The standard InChI is InChI=1S/C14H18ClNO3S/c1-2-3-4-5-16(13(17)8-15)9-12-14-11(10-20-12)18-6-7-19-14/h3-4,10H,2,5-9H2,1H3/b4-3-. The average Bonchev–Trinajstić information content (AvgIpc) is 2.89. The second-order valence-electron chi connectivity index (χ2n) is 4.34. The van der Waals surface area contributed by atoms with E-state index in [1.807, 2.05) is 17.5 Å². The molecular weight excluding hydrogens is 298 g/mol. The highest BCUT2D eigenvalue weighted by molar-refractivity contribution is 7.10. The molecule has 1 aliphatic heterocycles. The Morgan fingerprint density at radius 1 is 1.45 bits per heavy atom. The molecule has 0 atom stereocenters. The topological polar surface area (TPSA) is 38.8 Å². The summed E-state index contributed by atoms with van der Waals surface area (Å²) in [6.07, 6.45) is 4.98. The molecule has 0 saturated heterocycles. The van der Waals surface area contributed by atoms with Gasteiger partial charge in [-0.2, -0.15) is 0 Å². The zero-order chi connectivity index (χ0) is 14.4. The van der Waals surface area contributed by atoms with E-state index in [-0.39, 0.29) is 11.8 Å². The highest BCUT2D eigenvalue weighted by atomic mass is 35.5. The first-order valence-corrected chi connectivity index (χ1v) is 8.02. The second kappa shape index (κ2) is 7.55. The van der Waals surface area contributed by atoms with Gasteiger partial charge < -0.3 is 14.4 Å². The lowest BCUT2D eigenvalue weighted by molar-refractivity contribution is -0.128. The number of nitrogens with zero attached hydrogens (tertiary/aromatic N) is 1. The van der Waals surface area contributed by atoms with Gasteiger partial charge in [0.2, 0.25) is 5.91 Å². The van der Waals surface area contributed by atoms with Crippen LogP contribution in [0.4, 0.5) is 0 Å². The molecule has 0 saturated carbocycles. The number of carbonyl (C=O) groups is 1. The van der Waals surface area contributed by atoms with Crippen molar-refractivity contribution >= 4 is 28.8 Å². The van der Waals surface area contributed by atoms with Gasteiger partial charge in [0.1, 0.15) is 19.1 Å². The van der Waals surface area contributed by atoms with Crippen molar-refractivity contribution in [2.45, 2.75) is 19.9 Å². The van der Waals surface area contributed by atoms with Crippen molar-refractivity contribution in [2.24, 2.45) is 0 Å². The van der Waals surface area contributed by atoms with Crippen LogP contribution in [0.3, 0.4) is 0 Å². The molecule has 110 valence electrons. The van der Waals surface area contributed by atoms with Crippen molar-refractivity contribution in [3.63, 3.8) is 0 Å². The third kappa shape index (κ3) is 3.67. The molecule has 0 bridgehead atoms. The fourth-order valence-corrected chi connectivity index (χ4v) is 3.00. The van der Waals surface area contributed by atoms with Gasteiger partial charge in [-0.15, -0.1) is 22.9 Å². The highest BCUT2D eigenvalue weighted by Gasteiger charge is 2.21. The summed E-state index contributed by atoms with van der Waals surface area (Å²) >= 11 is 7.22. The molecule has 1 aromatic heterocycles. The largest absolute Gasteiger partial charge is 0.485 e. The van der Waals surface area contributed by atoms with Crippen LogP contribution in [0.25, 0.3) is 0 Å². The molecule has 1 aromatic rings. The van der Waals surface area contributed by atoms with Gasteiger partial charge in [-0.05, 0) is 6.42 Å². The lowest BCUT2D eigenvalue weighted by atomic mass is 10.3. The van der Waals surface area contributed by atoms with Gasteiger partial charge in [-0.3, -0.25) is 4.79 Å². The maximum absolute atomic E-state index is 11.9. The Morgan fingerprint density at radius 2 is 2.25 bits per heavy atom. The Labute approximate surface area is 127 Å². The lowest BCUT2D eigenvalue weighted by Crippen LogP contribution is -2.31. The minimum absolute atomic E-state index is 0.00904. The number of carbonyl (C=O) groups excluding carboxylic acids is 1. The van der Waals surface area contributed by atoms with E-state index in [9.17, 15) is 4.79 Å². The van der Waals surface area contributed by atoms with E-state index in [0.29, 0.717) is 26.3 Å². The number of fused-ring (bicyclic) bond motifs is 1. The molecule has 20 heavy (non-hydrogen) atoms. The number of ether oxygens (including phenoxy) is 2. The van der Waals surface area contributed by atoms with Gasteiger partial charge in [0.15, 0.2) is 11.5 Å². The SMILES string of the molecule is CC/C=C\CN(Cc1scc2c1OCCO2)C(=O)CCl. The van der Waals surface area contributed by atoms with E-state index in [0.717, 1.165) is 22.8 Å². The van der Waals surface area contributed by atoms with Gasteiger partial charge in [-0.25, -0.2) is 0 Å². The van der Waals surface area contributed by atoms with Crippen LogP contribution in [0.15, 0.2) is 17.5 Å². The van der Waals surface area contributed by atoms with Crippen LogP contribution >= 0.6 is 22.9 Å². The molecule has 4 nitrogen and oxygen atoms in total. The van der Waals surface area contributed by atoms with E-state index in [1.54, 1.807) is 16.2 Å². The fourth-order valence-electron chi connectivity index (χ4n) is 1.91. The summed E-state index contributed by atoms with van der Waals surface area (Å²) in [4.78, 5) is 14.6. The molecule has 0 aliphatic carbocycles. The second-order valence-corrected chi connectivity index (χ2v) is 5.57. The van der Waals surface area contributed by atoms with E-state index in [4.69, 9.17) is 21.1 Å². The molecule has 0 fully saturated rings. The summed E-state index contributed by atoms with van der Waals surface area (Å²) in [5, 5.41) is 1.93. The molecule has 1 amide bonds. The molecule has 6 heteroatoms. The predicted octanol–water partition coefficient (Wildman–Crippen LogP) is 3.05.